The maximum absolute atomic E-state index is 11.0. The van der Waals surface area contributed by atoms with Gasteiger partial charge in [0.05, 0.1) is 9.79 Å². The number of hydrogen-bond acceptors (Lipinski definition) is 6. The molecule has 0 radical (unpaired) electrons. The number of hydrogen-bond donors (Lipinski definition) is 4. The largest absolute Gasteiger partial charge is 0.398 e. The van der Waals surface area contributed by atoms with Crippen molar-refractivity contribution in [3.05, 3.63) is 36.4 Å². The highest BCUT2D eigenvalue weighted by molar-refractivity contribution is 8.76. The maximum Gasteiger partial charge on any atom is 0.186 e. The molecular weight excluding hydrogens is 364 g/mol. The SMILES string of the molecule is Nc1cc(S(=O)O)ccc1SSc1ccc(S(=O)O)cc1N. The van der Waals surface area contributed by atoms with E-state index in [-0.39, 0.29) is 9.79 Å². The van der Waals surface area contributed by atoms with Crippen LogP contribution in [0.1, 0.15) is 0 Å². The summed E-state index contributed by atoms with van der Waals surface area (Å²) in [6.07, 6.45) is 0. The number of nitrogen functional groups attached to an aromatic ring is 2. The molecule has 118 valence electrons. The van der Waals surface area contributed by atoms with Gasteiger partial charge in [0.15, 0.2) is 22.2 Å². The maximum atomic E-state index is 11.0. The summed E-state index contributed by atoms with van der Waals surface area (Å²) < 4.78 is 39.9. The van der Waals surface area contributed by atoms with Crippen LogP contribution in [0.2, 0.25) is 0 Å². The molecule has 6 nitrogen and oxygen atoms in total. The summed E-state index contributed by atoms with van der Waals surface area (Å²) in [7, 11) is 2.68. The van der Waals surface area contributed by atoms with Gasteiger partial charge in [-0.3, -0.25) is 0 Å². The van der Waals surface area contributed by atoms with E-state index >= 15 is 0 Å². The van der Waals surface area contributed by atoms with Gasteiger partial charge in [0.2, 0.25) is 0 Å². The van der Waals surface area contributed by atoms with Crippen molar-refractivity contribution in [3.63, 3.8) is 0 Å². The van der Waals surface area contributed by atoms with Crippen molar-refractivity contribution >= 4 is 55.1 Å². The second kappa shape index (κ2) is 7.49. The molecule has 0 aliphatic rings. The molecule has 2 atom stereocenters. The summed E-state index contributed by atoms with van der Waals surface area (Å²) in [6.45, 7) is 0. The third-order valence-electron chi connectivity index (χ3n) is 2.59. The normalized spacial score (nSPS) is 13.7. The lowest BCUT2D eigenvalue weighted by Gasteiger charge is -2.08. The van der Waals surface area contributed by atoms with Crippen LogP contribution < -0.4 is 11.5 Å². The quantitative estimate of drug-likeness (QED) is 0.356. The van der Waals surface area contributed by atoms with Crippen LogP contribution >= 0.6 is 21.6 Å². The van der Waals surface area contributed by atoms with Gasteiger partial charge in [-0.05, 0) is 36.4 Å². The van der Waals surface area contributed by atoms with E-state index in [1.54, 1.807) is 12.1 Å². The smallest absolute Gasteiger partial charge is 0.186 e. The Morgan fingerprint density at radius 3 is 1.41 bits per heavy atom. The molecule has 0 fully saturated rings. The Morgan fingerprint density at radius 1 is 0.773 bits per heavy atom. The van der Waals surface area contributed by atoms with Crippen molar-refractivity contribution < 1.29 is 17.5 Å². The third-order valence-corrected chi connectivity index (χ3v) is 6.41. The Bertz CT molecular complexity index is 690. The highest BCUT2D eigenvalue weighted by Gasteiger charge is 2.09. The number of benzene rings is 2. The van der Waals surface area contributed by atoms with Gasteiger partial charge in [-0.15, -0.1) is 0 Å². The minimum Gasteiger partial charge on any atom is -0.398 e. The van der Waals surface area contributed by atoms with E-state index in [2.05, 4.69) is 0 Å². The molecule has 6 N–H and O–H groups in total. The Kier molecular flexibility index (Phi) is 5.89. The number of anilines is 2. The molecule has 0 bridgehead atoms. The average Bonchev–Trinajstić information content (AvgIpc) is 2.46. The van der Waals surface area contributed by atoms with Crippen molar-refractivity contribution in [2.75, 3.05) is 11.5 Å². The molecule has 0 aromatic heterocycles. The lowest BCUT2D eigenvalue weighted by atomic mass is 10.3. The predicted molar refractivity (Wildman–Crippen MR) is 91.5 cm³/mol. The summed E-state index contributed by atoms with van der Waals surface area (Å²) in [5, 5.41) is 0. The van der Waals surface area contributed by atoms with Gasteiger partial charge in [-0.25, -0.2) is 8.42 Å². The molecule has 2 rings (SSSR count). The Hall–Kier alpha value is -1.04. The molecule has 22 heavy (non-hydrogen) atoms. The summed E-state index contributed by atoms with van der Waals surface area (Å²) in [5.74, 6) is 0. The van der Waals surface area contributed by atoms with E-state index in [0.29, 0.717) is 11.4 Å². The monoisotopic (exact) mass is 376 g/mol. The van der Waals surface area contributed by atoms with E-state index in [1.807, 2.05) is 0 Å². The van der Waals surface area contributed by atoms with E-state index in [9.17, 15) is 8.42 Å². The van der Waals surface area contributed by atoms with E-state index in [1.165, 1.54) is 45.9 Å². The zero-order valence-electron chi connectivity index (χ0n) is 11.0. The van der Waals surface area contributed by atoms with E-state index < -0.39 is 22.2 Å². The molecule has 2 aromatic rings. The van der Waals surface area contributed by atoms with Crippen molar-refractivity contribution in [2.24, 2.45) is 0 Å². The summed E-state index contributed by atoms with van der Waals surface area (Å²) in [6, 6.07) is 9.25. The van der Waals surface area contributed by atoms with Gasteiger partial charge in [0, 0.05) is 21.2 Å². The van der Waals surface area contributed by atoms with Crippen LogP contribution in [0, 0.1) is 0 Å². The standard InChI is InChI=1S/C12H12N2O4S4/c13-9-5-7(21(15)16)1-3-11(9)19-20-12-4-2-8(22(17)18)6-10(12)14/h1-6H,13-14H2,(H,15,16)(H,17,18). The zero-order valence-corrected chi connectivity index (χ0v) is 14.2. The lowest BCUT2D eigenvalue weighted by Crippen LogP contribution is -1.94. The molecule has 0 aliphatic heterocycles. The molecule has 0 heterocycles. The first kappa shape index (κ1) is 17.3. The van der Waals surface area contributed by atoms with Crippen LogP contribution in [0.15, 0.2) is 56.0 Å². The van der Waals surface area contributed by atoms with Gasteiger partial charge >= 0.3 is 0 Å². The van der Waals surface area contributed by atoms with Gasteiger partial charge in [-0.2, -0.15) is 0 Å². The van der Waals surface area contributed by atoms with Gasteiger partial charge in [0.1, 0.15) is 0 Å². The lowest BCUT2D eigenvalue weighted by molar-refractivity contribution is 0.563. The minimum atomic E-state index is -2.07. The molecule has 0 spiro atoms. The average molecular weight is 377 g/mol. The van der Waals surface area contributed by atoms with E-state index in [0.717, 1.165) is 9.79 Å². The molecule has 0 aliphatic carbocycles. The fourth-order valence-corrected chi connectivity index (χ4v) is 4.52. The van der Waals surface area contributed by atoms with Crippen molar-refractivity contribution in [2.45, 2.75) is 19.6 Å². The van der Waals surface area contributed by atoms with Gasteiger partial charge in [0.25, 0.3) is 0 Å². The zero-order chi connectivity index (χ0) is 16.3. The second-order valence-electron chi connectivity index (χ2n) is 4.06. The molecule has 0 saturated heterocycles. The van der Waals surface area contributed by atoms with Gasteiger partial charge in [-0.1, -0.05) is 21.6 Å². The molecule has 10 heteroatoms. The molecule has 2 unspecified atom stereocenters. The molecular formula is C12H12N2O4S4. The predicted octanol–water partition coefficient (Wildman–Crippen LogP) is 2.81. The first-order valence-corrected chi connectivity index (χ1v) is 10.1. The molecule has 0 saturated carbocycles. The summed E-state index contributed by atoms with van der Waals surface area (Å²) >= 11 is -4.13. The Labute approximate surface area is 140 Å². The fourth-order valence-electron chi connectivity index (χ4n) is 1.51. The van der Waals surface area contributed by atoms with Crippen molar-refractivity contribution in [1.82, 2.24) is 0 Å². The van der Waals surface area contributed by atoms with Crippen LogP contribution in [0.4, 0.5) is 11.4 Å². The Balaban J connectivity index is 2.13. The number of rotatable bonds is 5. The van der Waals surface area contributed by atoms with Crippen LogP contribution in [-0.2, 0) is 22.2 Å². The van der Waals surface area contributed by atoms with Crippen LogP contribution in [-0.4, -0.2) is 17.5 Å². The van der Waals surface area contributed by atoms with Crippen molar-refractivity contribution in [3.8, 4) is 0 Å². The molecule has 0 amide bonds. The first-order valence-electron chi connectivity index (χ1n) is 5.74. The van der Waals surface area contributed by atoms with Crippen LogP contribution in [0.5, 0.6) is 0 Å². The number of nitrogens with two attached hydrogens (primary N) is 2. The third kappa shape index (κ3) is 4.24. The van der Waals surface area contributed by atoms with Crippen LogP contribution in [0.3, 0.4) is 0 Å². The first-order chi connectivity index (χ1) is 10.4. The second-order valence-corrected chi connectivity index (χ2v) is 8.22. The summed E-state index contributed by atoms with van der Waals surface area (Å²) in [5.41, 5.74) is 12.5. The highest BCUT2D eigenvalue weighted by Crippen LogP contribution is 2.42. The summed E-state index contributed by atoms with van der Waals surface area (Å²) in [4.78, 5) is 1.93. The molecule has 2 aromatic carbocycles. The van der Waals surface area contributed by atoms with Gasteiger partial charge < -0.3 is 20.6 Å². The van der Waals surface area contributed by atoms with E-state index in [4.69, 9.17) is 20.6 Å². The Morgan fingerprint density at radius 2 is 1.14 bits per heavy atom. The topological polar surface area (TPSA) is 127 Å². The van der Waals surface area contributed by atoms with Crippen LogP contribution in [0.25, 0.3) is 0 Å². The fraction of sp³-hybridized carbons (Fsp3) is 0. The minimum absolute atomic E-state index is 0.237. The van der Waals surface area contributed by atoms with Crippen molar-refractivity contribution in [1.29, 1.82) is 0 Å². The highest BCUT2D eigenvalue weighted by atomic mass is 33.1.